The lowest BCUT2D eigenvalue weighted by Gasteiger charge is -2.20. The van der Waals surface area contributed by atoms with Crippen molar-refractivity contribution in [3.05, 3.63) is 105 Å². The van der Waals surface area contributed by atoms with E-state index in [2.05, 4.69) is 41.4 Å². The SMILES string of the molecule is CCC[C@@H](Cn1nc(Cc2ccc(Cl)cc2)c2ccccc2c1=O)NCCCCc1ccc(OCCCN2CCCCCC2)cc1. The summed E-state index contributed by atoms with van der Waals surface area (Å²) in [6, 6.07) is 24.5. The molecule has 0 bridgehead atoms. The van der Waals surface area contributed by atoms with Gasteiger partial charge in [0, 0.05) is 29.4 Å². The fourth-order valence-electron chi connectivity index (χ4n) is 6.52. The largest absolute Gasteiger partial charge is 0.494 e. The van der Waals surface area contributed by atoms with Crippen LogP contribution >= 0.6 is 11.6 Å². The molecule has 0 saturated carbocycles. The van der Waals surface area contributed by atoms with Gasteiger partial charge >= 0.3 is 0 Å². The van der Waals surface area contributed by atoms with Crippen molar-refractivity contribution in [3.63, 3.8) is 0 Å². The number of fused-ring (bicyclic) bond motifs is 1. The molecule has 1 atom stereocenters. The maximum absolute atomic E-state index is 13.5. The molecule has 0 unspecified atom stereocenters. The van der Waals surface area contributed by atoms with Crippen LogP contribution in [0.15, 0.2) is 77.6 Å². The van der Waals surface area contributed by atoms with E-state index in [1.807, 2.05) is 48.5 Å². The molecule has 0 radical (unpaired) electrons. The van der Waals surface area contributed by atoms with Gasteiger partial charge < -0.3 is 15.0 Å². The fourth-order valence-corrected chi connectivity index (χ4v) is 6.65. The first-order valence-corrected chi connectivity index (χ1v) is 17.9. The van der Waals surface area contributed by atoms with Crippen LogP contribution in [-0.4, -0.2) is 53.5 Å². The highest BCUT2D eigenvalue weighted by molar-refractivity contribution is 6.30. The van der Waals surface area contributed by atoms with Gasteiger partial charge in [0.05, 0.1) is 24.2 Å². The zero-order valence-electron chi connectivity index (χ0n) is 27.6. The Balaban J connectivity index is 1.08. The summed E-state index contributed by atoms with van der Waals surface area (Å²) in [5, 5.41) is 11.0. The van der Waals surface area contributed by atoms with Crippen LogP contribution in [0.2, 0.25) is 5.02 Å². The molecule has 1 fully saturated rings. The van der Waals surface area contributed by atoms with Crippen LogP contribution in [0.1, 0.15) is 81.5 Å². The van der Waals surface area contributed by atoms with Gasteiger partial charge in [0.1, 0.15) is 5.75 Å². The van der Waals surface area contributed by atoms with E-state index in [4.69, 9.17) is 21.4 Å². The molecule has 4 aromatic rings. The summed E-state index contributed by atoms with van der Waals surface area (Å²) in [4.78, 5) is 16.1. The number of benzene rings is 3. The van der Waals surface area contributed by atoms with Crippen LogP contribution in [0.25, 0.3) is 10.8 Å². The lowest BCUT2D eigenvalue weighted by Crippen LogP contribution is -2.38. The Morgan fingerprint density at radius 3 is 2.33 bits per heavy atom. The van der Waals surface area contributed by atoms with Crippen molar-refractivity contribution in [1.82, 2.24) is 20.0 Å². The summed E-state index contributed by atoms with van der Waals surface area (Å²) in [6.07, 6.45) is 12.5. The molecule has 1 aliphatic rings. The maximum atomic E-state index is 13.5. The number of likely N-dealkylation sites (tertiary alicyclic amines) is 1. The van der Waals surface area contributed by atoms with Gasteiger partial charge in [-0.05, 0) is 106 Å². The smallest absolute Gasteiger partial charge is 0.274 e. The number of halogens is 1. The first kappa shape index (κ1) is 34.2. The van der Waals surface area contributed by atoms with Gasteiger partial charge in [-0.1, -0.05) is 80.3 Å². The van der Waals surface area contributed by atoms with Gasteiger partial charge in [0.2, 0.25) is 0 Å². The highest BCUT2D eigenvalue weighted by Crippen LogP contribution is 2.19. The summed E-state index contributed by atoms with van der Waals surface area (Å²) in [5.74, 6) is 0.970. The van der Waals surface area contributed by atoms with Gasteiger partial charge in [-0.25, -0.2) is 4.68 Å². The summed E-state index contributed by atoms with van der Waals surface area (Å²) in [5.41, 5.74) is 3.36. The Morgan fingerprint density at radius 2 is 1.59 bits per heavy atom. The zero-order valence-corrected chi connectivity index (χ0v) is 28.3. The monoisotopic (exact) mass is 642 g/mol. The van der Waals surface area contributed by atoms with Crippen LogP contribution in [0.5, 0.6) is 5.75 Å². The van der Waals surface area contributed by atoms with Crippen LogP contribution in [0.3, 0.4) is 0 Å². The van der Waals surface area contributed by atoms with Crippen LogP contribution in [-0.2, 0) is 19.4 Å². The summed E-state index contributed by atoms with van der Waals surface area (Å²) in [6.45, 7) is 8.10. The molecule has 0 amide bonds. The van der Waals surface area contributed by atoms with Gasteiger partial charge in [-0.3, -0.25) is 4.79 Å². The highest BCUT2D eigenvalue weighted by atomic mass is 35.5. The van der Waals surface area contributed by atoms with Crippen molar-refractivity contribution >= 4 is 22.4 Å². The van der Waals surface area contributed by atoms with E-state index in [-0.39, 0.29) is 11.6 Å². The Labute approximate surface area is 280 Å². The molecule has 6 nitrogen and oxygen atoms in total. The third-order valence-electron chi connectivity index (χ3n) is 9.09. The standard InChI is InChI=1S/C39H51ClN4O2/c1-2-12-34(30-44-39(45)37-15-6-5-14-36(37)38(42-44)29-32-16-20-33(40)21-17-32)41-24-8-7-13-31-18-22-35(23-19-31)46-28-11-27-43-25-9-3-4-10-26-43/h5-6,14-23,34,41H,2-4,7-13,24-30H2,1H3/t34-/m0/s1. The predicted molar refractivity (Wildman–Crippen MR) is 191 cm³/mol. The molecule has 0 spiro atoms. The second-order valence-corrected chi connectivity index (χ2v) is 13.2. The van der Waals surface area contributed by atoms with Crippen molar-refractivity contribution in [2.45, 2.75) is 90.1 Å². The minimum absolute atomic E-state index is 0.0248. The van der Waals surface area contributed by atoms with E-state index in [1.165, 1.54) is 44.3 Å². The molecule has 46 heavy (non-hydrogen) atoms. The lowest BCUT2D eigenvalue weighted by atomic mass is 10.0. The van der Waals surface area contributed by atoms with Crippen LogP contribution < -0.4 is 15.6 Å². The number of aromatic nitrogens is 2. The molecule has 1 N–H and O–H groups in total. The number of ether oxygens (including phenoxy) is 1. The van der Waals surface area contributed by atoms with Crippen molar-refractivity contribution < 1.29 is 4.74 Å². The lowest BCUT2D eigenvalue weighted by molar-refractivity contribution is 0.240. The van der Waals surface area contributed by atoms with Gasteiger partial charge in [0.25, 0.3) is 5.56 Å². The number of aryl methyl sites for hydroxylation is 1. The number of rotatable bonds is 17. The maximum Gasteiger partial charge on any atom is 0.274 e. The molecule has 1 aromatic heterocycles. The van der Waals surface area contributed by atoms with Crippen LogP contribution in [0, 0.1) is 0 Å². The van der Waals surface area contributed by atoms with E-state index in [9.17, 15) is 4.79 Å². The van der Waals surface area contributed by atoms with Gasteiger partial charge in [-0.2, -0.15) is 5.10 Å². The molecule has 3 aromatic carbocycles. The van der Waals surface area contributed by atoms with Crippen molar-refractivity contribution in [2.75, 3.05) is 32.8 Å². The Bertz CT molecular complexity index is 1530. The molecule has 1 aliphatic heterocycles. The first-order chi connectivity index (χ1) is 22.6. The molecule has 0 aliphatic carbocycles. The molecule has 5 rings (SSSR count). The zero-order chi connectivity index (χ0) is 32.0. The van der Waals surface area contributed by atoms with E-state index in [1.54, 1.807) is 4.68 Å². The quantitative estimate of drug-likeness (QED) is 0.118. The summed E-state index contributed by atoms with van der Waals surface area (Å²) in [7, 11) is 0. The minimum Gasteiger partial charge on any atom is -0.494 e. The number of hydrogen-bond acceptors (Lipinski definition) is 5. The average Bonchev–Trinajstić information content (AvgIpc) is 3.36. The Morgan fingerprint density at radius 1 is 0.870 bits per heavy atom. The predicted octanol–water partition coefficient (Wildman–Crippen LogP) is 8.07. The second kappa shape index (κ2) is 18.2. The molecule has 1 saturated heterocycles. The molecule has 246 valence electrons. The third-order valence-corrected chi connectivity index (χ3v) is 9.35. The van der Waals surface area contributed by atoms with Crippen molar-refractivity contribution in [2.24, 2.45) is 0 Å². The Kier molecular flexibility index (Phi) is 13.5. The van der Waals surface area contributed by atoms with Crippen molar-refractivity contribution in [3.8, 4) is 5.75 Å². The second-order valence-electron chi connectivity index (χ2n) is 12.8. The van der Waals surface area contributed by atoms with Gasteiger partial charge in [-0.15, -0.1) is 0 Å². The van der Waals surface area contributed by atoms with E-state index in [0.717, 1.165) is 86.0 Å². The van der Waals surface area contributed by atoms with E-state index < -0.39 is 0 Å². The highest BCUT2D eigenvalue weighted by Gasteiger charge is 2.15. The van der Waals surface area contributed by atoms with Crippen molar-refractivity contribution in [1.29, 1.82) is 0 Å². The van der Waals surface area contributed by atoms with E-state index >= 15 is 0 Å². The van der Waals surface area contributed by atoms with Gasteiger partial charge in [0.15, 0.2) is 0 Å². The molecular weight excluding hydrogens is 592 g/mol. The summed E-state index contributed by atoms with van der Waals surface area (Å²) < 4.78 is 7.71. The normalized spacial score (nSPS) is 14.7. The first-order valence-electron chi connectivity index (χ1n) is 17.5. The average molecular weight is 643 g/mol. The van der Waals surface area contributed by atoms with E-state index in [0.29, 0.717) is 18.0 Å². The minimum atomic E-state index is -0.0248. The van der Waals surface area contributed by atoms with Crippen LogP contribution in [0.4, 0.5) is 0 Å². The fraction of sp³-hybridized carbons (Fsp3) is 0.487. The summed E-state index contributed by atoms with van der Waals surface area (Å²) >= 11 is 6.11. The number of unbranched alkanes of at least 4 members (excludes halogenated alkanes) is 1. The number of hydrogen-bond donors (Lipinski definition) is 1. The molecule has 2 heterocycles. The molecule has 7 heteroatoms. The Hall–Kier alpha value is -3.19. The topological polar surface area (TPSA) is 59.4 Å². The molecular formula is C39H51ClN4O2. The number of nitrogens with one attached hydrogen (secondary N) is 1. The number of nitrogens with zero attached hydrogens (tertiary/aromatic N) is 3. The third kappa shape index (κ3) is 10.4.